The van der Waals surface area contributed by atoms with Gasteiger partial charge in [-0.25, -0.2) is 0 Å². The molecule has 4 aliphatic heterocycles. The molecule has 6 aliphatic rings. The van der Waals surface area contributed by atoms with Gasteiger partial charge in [0.15, 0.2) is 23.0 Å². The van der Waals surface area contributed by atoms with Gasteiger partial charge in [0, 0.05) is 11.4 Å². The molecule has 4 heterocycles. The summed E-state index contributed by atoms with van der Waals surface area (Å²) < 4.78 is 24.6. The number of amides is 2. The lowest BCUT2D eigenvalue weighted by Gasteiger charge is -2.31. The lowest BCUT2D eigenvalue weighted by molar-refractivity contribution is 0.0975. The predicted molar refractivity (Wildman–Crippen MR) is 215 cm³/mol. The van der Waals surface area contributed by atoms with Gasteiger partial charge >= 0.3 is 0 Å². The Kier molecular flexibility index (Phi) is 7.46. The summed E-state index contributed by atoms with van der Waals surface area (Å²) in [5.41, 5.74) is 14.8. The molecule has 0 fully saturated rings. The molecule has 2 atom stereocenters. The number of carbonyl (C=O) groups is 2. The molecule has 0 aromatic heterocycles. The largest absolute Gasteiger partial charge is 0.493 e. The van der Waals surface area contributed by atoms with E-state index in [2.05, 4.69) is 42.5 Å². The van der Waals surface area contributed by atoms with Crippen LogP contribution in [0.3, 0.4) is 0 Å². The molecule has 0 bridgehead atoms. The van der Waals surface area contributed by atoms with Gasteiger partial charge in [0.05, 0.1) is 37.4 Å². The summed E-state index contributed by atoms with van der Waals surface area (Å²) >= 11 is 0. The van der Waals surface area contributed by atoms with Crippen LogP contribution in [0.5, 0.6) is 23.0 Å². The van der Waals surface area contributed by atoms with E-state index >= 15 is 0 Å². The van der Waals surface area contributed by atoms with Crippen LogP contribution in [0.25, 0.3) is 11.1 Å². The van der Waals surface area contributed by atoms with E-state index in [4.69, 9.17) is 18.9 Å². The van der Waals surface area contributed by atoms with Crippen LogP contribution in [-0.2, 0) is 26.1 Å². The number of anilines is 2. The minimum Gasteiger partial charge on any atom is -0.493 e. The Morgan fingerprint density at radius 1 is 0.518 bits per heavy atom. The number of benzene rings is 5. The Hall–Kier alpha value is -6.28. The van der Waals surface area contributed by atoms with Gasteiger partial charge in [-0.05, 0) is 137 Å². The van der Waals surface area contributed by atoms with Gasteiger partial charge in [-0.2, -0.15) is 0 Å². The van der Waals surface area contributed by atoms with E-state index in [1.54, 1.807) is 14.2 Å². The van der Waals surface area contributed by atoms with E-state index in [1.807, 2.05) is 64.4 Å². The van der Waals surface area contributed by atoms with Crippen molar-refractivity contribution in [3.05, 3.63) is 153 Å². The van der Waals surface area contributed by atoms with Gasteiger partial charge in [-0.1, -0.05) is 54.6 Å². The highest BCUT2D eigenvalue weighted by molar-refractivity contribution is 6.14. The van der Waals surface area contributed by atoms with E-state index in [9.17, 15) is 9.59 Å². The third-order valence-corrected chi connectivity index (χ3v) is 12.8. The molecule has 2 amide bonds. The number of carbonyl (C=O) groups excluding carboxylic acids is 2. The number of methoxy groups -OCH3 is 2. The van der Waals surface area contributed by atoms with Crippen LogP contribution in [-0.4, -0.2) is 38.1 Å². The zero-order valence-corrected chi connectivity index (χ0v) is 31.4. The third-order valence-electron chi connectivity index (χ3n) is 12.8. The van der Waals surface area contributed by atoms with E-state index in [-0.39, 0.29) is 23.9 Å². The maximum Gasteiger partial charge on any atom is 0.259 e. The molecule has 56 heavy (non-hydrogen) atoms. The van der Waals surface area contributed by atoms with Crippen LogP contribution in [0, 0.1) is 0 Å². The average Bonchev–Trinajstić information content (AvgIpc) is 3.73. The summed E-state index contributed by atoms with van der Waals surface area (Å²) in [4.78, 5) is 32.3. The number of hydrogen-bond acceptors (Lipinski definition) is 6. The number of ether oxygens (including phenoxy) is 4. The van der Waals surface area contributed by atoms with E-state index in [0.717, 1.165) is 72.2 Å². The molecule has 0 unspecified atom stereocenters. The van der Waals surface area contributed by atoms with Crippen LogP contribution < -0.4 is 28.7 Å². The Labute approximate surface area is 325 Å². The van der Waals surface area contributed by atoms with E-state index in [1.165, 1.54) is 33.4 Å². The van der Waals surface area contributed by atoms with Crippen LogP contribution in [0.2, 0.25) is 0 Å². The first kappa shape index (κ1) is 33.1. The van der Waals surface area contributed by atoms with Gasteiger partial charge in [0.1, 0.15) is 13.2 Å². The number of hydrogen-bond donors (Lipinski definition) is 0. The summed E-state index contributed by atoms with van der Waals surface area (Å²) in [6.07, 6.45) is 5.58. The number of fused-ring (bicyclic) bond motifs is 12. The van der Waals surface area contributed by atoms with Crippen molar-refractivity contribution in [1.82, 2.24) is 0 Å². The van der Waals surface area contributed by atoms with Crippen LogP contribution >= 0.6 is 0 Å². The van der Waals surface area contributed by atoms with Gasteiger partial charge < -0.3 is 28.7 Å². The fraction of sp³-hybridized carbons (Fsp3) is 0.250. The van der Waals surface area contributed by atoms with Crippen molar-refractivity contribution in [1.29, 1.82) is 0 Å². The minimum absolute atomic E-state index is 0.00979. The highest BCUT2D eigenvalue weighted by atomic mass is 16.5. The van der Waals surface area contributed by atoms with E-state index < -0.39 is 0 Å². The number of nitrogens with zero attached hydrogens (tertiary/aromatic N) is 2. The summed E-state index contributed by atoms with van der Waals surface area (Å²) in [6.45, 7) is 0.625. The summed E-state index contributed by atoms with van der Waals surface area (Å²) in [6, 6.07) is 32.5. The molecular formula is C48H40N2O6. The van der Waals surface area contributed by atoms with Gasteiger partial charge in [-0.3, -0.25) is 9.59 Å². The highest BCUT2D eigenvalue weighted by Crippen LogP contribution is 2.52. The van der Waals surface area contributed by atoms with Crippen LogP contribution in [0.15, 0.2) is 108 Å². The first-order chi connectivity index (χ1) is 27.5. The van der Waals surface area contributed by atoms with E-state index in [0.29, 0.717) is 47.3 Å². The molecule has 5 aromatic carbocycles. The lowest BCUT2D eigenvalue weighted by Crippen LogP contribution is -2.38. The molecule has 0 spiro atoms. The van der Waals surface area contributed by atoms with Crippen molar-refractivity contribution in [3.63, 3.8) is 0 Å². The Morgan fingerprint density at radius 3 is 1.39 bits per heavy atom. The fourth-order valence-corrected chi connectivity index (χ4v) is 9.88. The molecular weight excluding hydrogens is 701 g/mol. The lowest BCUT2D eigenvalue weighted by atomic mass is 9.79. The topological polar surface area (TPSA) is 77.5 Å². The molecule has 2 aliphatic carbocycles. The second-order valence-corrected chi connectivity index (χ2v) is 15.5. The maximum atomic E-state index is 14.2. The van der Waals surface area contributed by atoms with Crippen molar-refractivity contribution in [2.24, 2.45) is 0 Å². The Morgan fingerprint density at radius 2 is 0.964 bits per heavy atom. The molecule has 5 aromatic rings. The van der Waals surface area contributed by atoms with Crippen molar-refractivity contribution in [3.8, 4) is 23.0 Å². The standard InChI is InChI=1S/C48H40N2O6/c1-53-43-23-37-35(31-14-16-33(31)41-19-29-10-3-5-12-39(29)49(41)47(37)51)21-45(43)55-25-27-8-7-9-28(18-27)26-56-46-22-36-32-15-17-34(32)42-20-30-11-4-6-13-40(30)50(42)48(52)38(36)24-44(46)54-2/h3-13,18,21-24,41-42H,14-17,19-20,25-26H2,1-2H3/t41-,42-/m0/s1. The quantitative estimate of drug-likeness (QED) is 0.158. The smallest absolute Gasteiger partial charge is 0.259 e. The molecule has 8 nitrogen and oxygen atoms in total. The summed E-state index contributed by atoms with van der Waals surface area (Å²) in [5, 5.41) is 0. The second kappa shape index (κ2) is 12.6. The zero-order valence-electron chi connectivity index (χ0n) is 31.4. The van der Waals surface area contributed by atoms with Gasteiger partial charge in [0.25, 0.3) is 11.8 Å². The summed E-state index contributed by atoms with van der Waals surface area (Å²) in [7, 11) is 3.24. The number of rotatable bonds is 8. The first-order valence-corrected chi connectivity index (χ1v) is 19.5. The molecule has 0 saturated heterocycles. The molecule has 278 valence electrons. The SMILES string of the molecule is COc1cc2c(cc1OCc1cccc(COc3cc4c(cc3OC)C(=O)N3c5ccccc5C[C@H]3C3=C4CC3)c1)C1=C(CC1)[C@@H]1Cc3ccccc3N1C2=O. The monoisotopic (exact) mass is 740 g/mol. The van der Waals surface area contributed by atoms with Gasteiger partial charge in [0.2, 0.25) is 0 Å². The minimum atomic E-state index is 0.00979. The van der Waals surface area contributed by atoms with Crippen molar-refractivity contribution >= 4 is 34.3 Å². The van der Waals surface area contributed by atoms with Crippen LogP contribution in [0.1, 0.15) is 79.8 Å². The normalized spacial score (nSPS) is 19.5. The fourth-order valence-electron chi connectivity index (χ4n) is 9.88. The number of para-hydroxylation sites is 2. The summed E-state index contributed by atoms with van der Waals surface area (Å²) in [5.74, 6) is 2.31. The Balaban J connectivity index is 0.837. The van der Waals surface area contributed by atoms with Crippen LogP contribution in [0.4, 0.5) is 11.4 Å². The molecule has 0 saturated carbocycles. The van der Waals surface area contributed by atoms with Crippen molar-refractivity contribution in [2.45, 2.75) is 63.8 Å². The third kappa shape index (κ3) is 4.91. The predicted octanol–water partition coefficient (Wildman–Crippen LogP) is 9.13. The Bertz CT molecular complexity index is 2430. The number of allylic oxidation sites excluding steroid dienone is 2. The van der Waals surface area contributed by atoms with Gasteiger partial charge in [-0.15, -0.1) is 0 Å². The highest BCUT2D eigenvalue weighted by Gasteiger charge is 2.45. The first-order valence-electron chi connectivity index (χ1n) is 19.5. The molecule has 11 rings (SSSR count). The van der Waals surface area contributed by atoms with Crippen molar-refractivity contribution < 1.29 is 28.5 Å². The molecule has 0 radical (unpaired) electrons. The van der Waals surface area contributed by atoms with Crippen molar-refractivity contribution in [2.75, 3.05) is 24.0 Å². The second-order valence-electron chi connectivity index (χ2n) is 15.5. The maximum absolute atomic E-state index is 14.2. The zero-order chi connectivity index (χ0) is 37.7. The molecule has 0 N–H and O–H groups in total. The average molecular weight is 741 g/mol. The molecule has 8 heteroatoms.